The summed E-state index contributed by atoms with van der Waals surface area (Å²) in [6, 6.07) is 0.283. The first kappa shape index (κ1) is 12.9. The van der Waals surface area contributed by atoms with Gasteiger partial charge in [-0.1, -0.05) is 27.7 Å². The van der Waals surface area contributed by atoms with E-state index in [0.717, 1.165) is 6.54 Å². The molecule has 1 rings (SSSR count). The van der Waals surface area contributed by atoms with E-state index in [1.54, 1.807) is 0 Å². The van der Waals surface area contributed by atoms with Gasteiger partial charge in [0.2, 0.25) is 0 Å². The first-order chi connectivity index (χ1) is 6.93. The second kappa shape index (κ2) is 5.28. The zero-order valence-electron chi connectivity index (χ0n) is 10.8. The van der Waals surface area contributed by atoms with Crippen LogP contribution < -0.4 is 5.73 Å². The molecule has 1 saturated heterocycles. The maximum atomic E-state index is 6.19. The summed E-state index contributed by atoms with van der Waals surface area (Å²) in [5.74, 6) is 0. The number of rotatable bonds is 3. The highest BCUT2D eigenvalue weighted by Gasteiger charge is 2.24. The molecule has 2 N–H and O–H groups in total. The lowest BCUT2D eigenvalue weighted by Gasteiger charge is -2.38. The minimum atomic E-state index is 0.224. The lowest BCUT2D eigenvalue weighted by molar-refractivity contribution is 0.115. The summed E-state index contributed by atoms with van der Waals surface area (Å²) in [6.45, 7) is 15.9. The molecular weight excluding hydrogens is 186 g/mol. The molecule has 0 spiro atoms. The molecule has 0 aromatic heterocycles. The van der Waals surface area contributed by atoms with Gasteiger partial charge >= 0.3 is 0 Å². The summed E-state index contributed by atoms with van der Waals surface area (Å²) < 4.78 is 0. The van der Waals surface area contributed by atoms with Crippen LogP contribution in [0.15, 0.2) is 0 Å². The van der Waals surface area contributed by atoms with Crippen molar-refractivity contribution >= 4 is 0 Å². The molecule has 0 radical (unpaired) electrons. The molecule has 0 saturated carbocycles. The van der Waals surface area contributed by atoms with Gasteiger partial charge in [-0.15, -0.1) is 0 Å². The fraction of sp³-hybridized carbons (Fsp3) is 1.00. The average Bonchev–Trinajstić information content (AvgIpc) is 2.17. The van der Waals surface area contributed by atoms with Gasteiger partial charge in [-0.2, -0.15) is 0 Å². The number of nitrogens with two attached hydrogens (primary N) is 1. The molecule has 0 amide bonds. The number of piperazine rings is 1. The van der Waals surface area contributed by atoms with Gasteiger partial charge in [-0.25, -0.2) is 0 Å². The second-order valence-corrected chi connectivity index (χ2v) is 5.71. The number of hydrogen-bond acceptors (Lipinski definition) is 3. The van der Waals surface area contributed by atoms with Gasteiger partial charge < -0.3 is 10.6 Å². The van der Waals surface area contributed by atoms with E-state index in [2.05, 4.69) is 37.5 Å². The Labute approximate surface area is 94.6 Å². The van der Waals surface area contributed by atoms with E-state index in [9.17, 15) is 0 Å². The van der Waals surface area contributed by atoms with Crippen LogP contribution in [-0.4, -0.2) is 55.1 Å². The van der Waals surface area contributed by atoms with Crippen molar-refractivity contribution in [3.8, 4) is 0 Å². The van der Waals surface area contributed by atoms with Gasteiger partial charge in [0.15, 0.2) is 0 Å². The van der Waals surface area contributed by atoms with Crippen molar-refractivity contribution in [2.45, 2.75) is 33.7 Å². The summed E-state index contributed by atoms with van der Waals surface area (Å²) in [6.07, 6.45) is 0. The quantitative estimate of drug-likeness (QED) is 0.759. The molecule has 1 fully saturated rings. The van der Waals surface area contributed by atoms with Crippen LogP contribution in [0.5, 0.6) is 0 Å². The lowest BCUT2D eigenvalue weighted by Crippen LogP contribution is -2.52. The van der Waals surface area contributed by atoms with Gasteiger partial charge in [0.25, 0.3) is 0 Å². The molecular formula is C12H27N3. The SMILES string of the molecule is CCN1CCN(CC(N)C(C)(C)C)CC1. The maximum absolute atomic E-state index is 6.19. The van der Waals surface area contributed by atoms with Crippen LogP contribution in [0.2, 0.25) is 0 Å². The Morgan fingerprint density at radius 2 is 1.53 bits per heavy atom. The minimum absolute atomic E-state index is 0.224. The Kier molecular flexibility index (Phi) is 4.56. The predicted octanol–water partition coefficient (Wildman–Crippen LogP) is 0.997. The standard InChI is InChI=1S/C12H27N3/c1-5-14-6-8-15(9-7-14)10-11(13)12(2,3)4/h11H,5-10,13H2,1-4H3. The molecule has 0 aromatic carbocycles. The zero-order chi connectivity index (χ0) is 11.5. The van der Waals surface area contributed by atoms with Crippen molar-refractivity contribution in [2.24, 2.45) is 11.1 Å². The molecule has 1 unspecified atom stereocenters. The van der Waals surface area contributed by atoms with Crippen molar-refractivity contribution in [1.82, 2.24) is 9.80 Å². The molecule has 1 atom stereocenters. The van der Waals surface area contributed by atoms with E-state index in [4.69, 9.17) is 5.73 Å². The number of hydrogen-bond donors (Lipinski definition) is 1. The van der Waals surface area contributed by atoms with Gasteiger partial charge in [0.05, 0.1) is 0 Å². The molecule has 0 bridgehead atoms. The third kappa shape index (κ3) is 4.09. The number of nitrogens with zero attached hydrogens (tertiary/aromatic N) is 2. The summed E-state index contributed by atoms with van der Waals surface area (Å²) in [5.41, 5.74) is 6.42. The highest BCUT2D eigenvalue weighted by molar-refractivity contribution is 4.82. The van der Waals surface area contributed by atoms with Crippen LogP contribution in [0.25, 0.3) is 0 Å². The van der Waals surface area contributed by atoms with Crippen LogP contribution >= 0.6 is 0 Å². The van der Waals surface area contributed by atoms with Crippen LogP contribution in [0.3, 0.4) is 0 Å². The number of likely N-dealkylation sites (N-methyl/N-ethyl adjacent to an activating group) is 1. The van der Waals surface area contributed by atoms with Gasteiger partial charge in [0, 0.05) is 38.8 Å². The maximum Gasteiger partial charge on any atom is 0.0217 e. The molecule has 3 nitrogen and oxygen atoms in total. The van der Waals surface area contributed by atoms with Gasteiger partial charge in [0.1, 0.15) is 0 Å². The van der Waals surface area contributed by atoms with Crippen LogP contribution in [0, 0.1) is 5.41 Å². The fourth-order valence-electron chi connectivity index (χ4n) is 1.84. The summed E-state index contributed by atoms with van der Waals surface area (Å²) in [4.78, 5) is 5.00. The van der Waals surface area contributed by atoms with E-state index in [-0.39, 0.29) is 11.5 Å². The van der Waals surface area contributed by atoms with Crippen LogP contribution in [-0.2, 0) is 0 Å². The van der Waals surface area contributed by atoms with Crippen molar-refractivity contribution in [3.05, 3.63) is 0 Å². The molecule has 0 aromatic rings. The van der Waals surface area contributed by atoms with Crippen molar-refractivity contribution in [1.29, 1.82) is 0 Å². The molecule has 90 valence electrons. The van der Waals surface area contributed by atoms with Crippen molar-refractivity contribution in [3.63, 3.8) is 0 Å². The summed E-state index contributed by atoms with van der Waals surface area (Å²) in [7, 11) is 0. The van der Waals surface area contributed by atoms with Crippen LogP contribution in [0.4, 0.5) is 0 Å². The minimum Gasteiger partial charge on any atom is -0.326 e. The topological polar surface area (TPSA) is 32.5 Å². The monoisotopic (exact) mass is 213 g/mol. The van der Waals surface area contributed by atoms with E-state index in [0.29, 0.717) is 0 Å². The summed E-state index contributed by atoms with van der Waals surface area (Å²) in [5, 5.41) is 0. The van der Waals surface area contributed by atoms with E-state index in [1.165, 1.54) is 32.7 Å². The molecule has 1 aliphatic rings. The van der Waals surface area contributed by atoms with Crippen LogP contribution in [0.1, 0.15) is 27.7 Å². The normalized spacial score (nSPS) is 23.0. The lowest BCUT2D eigenvalue weighted by atomic mass is 9.87. The zero-order valence-corrected chi connectivity index (χ0v) is 10.8. The third-order valence-corrected chi connectivity index (χ3v) is 3.48. The van der Waals surface area contributed by atoms with Crippen molar-refractivity contribution < 1.29 is 0 Å². The highest BCUT2D eigenvalue weighted by Crippen LogP contribution is 2.18. The first-order valence-electron chi connectivity index (χ1n) is 6.13. The molecule has 15 heavy (non-hydrogen) atoms. The summed E-state index contributed by atoms with van der Waals surface area (Å²) >= 11 is 0. The fourth-order valence-corrected chi connectivity index (χ4v) is 1.84. The Balaban J connectivity index is 2.29. The molecule has 0 aliphatic carbocycles. The van der Waals surface area contributed by atoms with Gasteiger partial charge in [-0.3, -0.25) is 4.90 Å². The third-order valence-electron chi connectivity index (χ3n) is 3.48. The smallest absolute Gasteiger partial charge is 0.0217 e. The van der Waals surface area contributed by atoms with E-state index in [1.807, 2.05) is 0 Å². The molecule has 1 aliphatic heterocycles. The van der Waals surface area contributed by atoms with E-state index >= 15 is 0 Å². The second-order valence-electron chi connectivity index (χ2n) is 5.71. The van der Waals surface area contributed by atoms with Crippen molar-refractivity contribution in [2.75, 3.05) is 39.3 Å². The molecule has 1 heterocycles. The Bertz CT molecular complexity index is 178. The van der Waals surface area contributed by atoms with E-state index < -0.39 is 0 Å². The molecule has 3 heteroatoms. The van der Waals surface area contributed by atoms with Gasteiger partial charge in [-0.05, 0) is 12.0 Å². The first-order valence-corrected chi connectivity index (χ1v) is 6.13. The average molecular weight is 213 g/mol. The Morgan fingerprint density at radius 1 is 1.07 bits per heavy atom. The Hall–Kier alpha value is -0.120. The largest absolute Gasteiger partial charge is 0.326 e. The predicted molar refractivity (Wildman–Crippen MR) is 66.0 cm³/mol. The Morgan fingerprint density at radius 3 is 1.93 bits per heavy atom. The highest BCUT2D eigenvalue weighted by atomic mass is 15.3.